The zero-order valence-corrected chi connectivity index (χ0v) is 42.6. The number of carbonyl (C=O) groups excluding carboxylic acids is 3. The first kappa shape index (κ1) is 61.4. The maximum Gasteiger partial charge on any atom is 0.306 e. The van der Waals surface area contributed by atoms with Gasteiger partial charge in [-0.15, -0.1) is 0 Å². The van der Waals surface area contributed by atoms with E-state index in [1.165, 1.54) is 161 Å². The number of esters is 3. The first-order valence-corrected chi connectivity index (χ1v) is 27.6. The second kappa shape index (κ2) is 53.0. The molecule has 0 N–H and O–H groups in total. The van der Waals surface area contributed by atoms with E-state index >= 15 is 0 Å². The van der Waals surface area contributed by atoms with Gasteiger partial charge in [0, 0.05) is 19.3 Å². The average molecular weight is 897 g/mol. The molecule has 0 aromatic heterocycles. The average Bonchev–Trinajstić information content (AvgIpc) is 3.29. The van der Waals surface area contributed by atoms with Gasteiger partial charge in [0.25, 0.3) is 0 Å². The molecule has 0 bridgehead atoms. The smallest absolute Gasteiger partial charge is 0.306 e. The summed E-state index contributed by atoms with van der Waals surface area (Å²) in [6.07, 6.45) is 64.2. The number of allylic oxidation sites excluding steroid dienone is 8. The Bertz CT molecular complexity index is 1120. The minimum Gasteiger partial charge on any atom is -0.462 e. The number of rotatable bonds is 50. The van der Waals surface area contributed by atoms with Crippen LogP contribution >= 0.6 is 0 Å². The van der Waals surface area contributed by atoms with Crippen molar-refractivity contribution in [1.29, 1.82) is 0 Å². The van der Waals surface area contributed by atoms with Crippen LogP contribution in [-0.4, -0.2) is 37.2 Å². The zero-order valence-electron chi connectivity index (χ0n) is 42.6. The van der Waals surface area contributed by atoms with Crippen LogP contribution in [0.4, 0.5) is 0 Å². The monoisotopic (exact) mass is 897 g/mol. The molecule has 0 fully saturated rings. The van der Waals surface area contributed by atoms with Crippen molar-refractivity contribution in [1.82, 2.24) is 0 Å². The molecule has 0 rings (SSSR count). The first-order chi connectivity index (χ1) is 31.5. The Balaban J connectivity index is 4.15. The van der Waals surface area contributed by atoms with Crippen LogP contribution in [0.3, 0.4) is 0 Å². The van der Waals surface area contributed by atoms with Crippen molar-refractivity contribution in [2.45, 2.75) is 290 Å². The summed E-state index contributed by atoms with van der Waals surface area (Å²) < 4.78 is 16.7. The summed E-state index contributed by atoms with van der Waals surface area (Å²) in [7, 11) is 0. The van der Waals surface area contributed by atoms with Gasteiger partial charge in [0.2, 0.25) is 0 Å². The van der Waals surface area contributed by atoms with Crippen LogP contribution in [0.15, 0.2) is 48.6 Å². The van der Waals surface area contributed by atoms with E-state index in [1.54, 1.807) is 0 Å². The van der Waals surface area contributed by atoms with Gasteiger partial charge in [0.15, 0.2) is 6.10 Å². The molecule has 0 aromatic carbocycles. The lowest BCUT2D eigenvalue weighted by molar-refractivity contribution is -0.167. The first-order valence-electron chi connectivity index (χ1n) is 27.6. The van der Waals surface area contributed by atoms with Crippen molar-refractivity contribution >= 4 is 17.9 Å². The lowest BCUT2D eigenvalue weighted by Gasteiger charge is -2.18. The molecule has 0 amide bonds. The largest absolute Gasteiger partial charge is 0.462 e. The van der Waals surface area contributed by atoms with Crippen molar-refractivity contribution in [3.05, 3.63) is 48.6 Å². The number of ether oxygens (including phenoxy) is 3. The molecule has 6 nitrogen and oxygen atoms in total. The molecule has 0 radical (unpaired) electrons. The van der Waals surface area contributed by atoms with Gasteiger partial charge in [0.05, 0.1) is 0 Å². The Morgan fingerprint density at radius 1 is 0.328 bits per heavy atom. The quantitative estimate of drug-likeness (QED) is 0.0262. The van der Waals surface area contributed by atoms with E-state index in [0.29, 0.717) is 19.3 Å². The van der Waals surface area contributed by atoms with Gasteiger partial charge in [0.1, 0.15) is 13.2 Å². The summed E-state index contributed by atoms with van der Waals surface area (Å²) in [6, 6.07) is 0. The standard InChI is InChI=1S/C58H104O6/c1-4-7-10-13-16-18-20-22-24-25-26-27-28-29-30-31-32-34-35-37-39-42-45-48-51-57(60)63-54-55(53-62-56(59)50-47-44-41-15-12-9-6-3)64-58(61)52-49-46-43-40-38-36-33-23-21-19-17-14-11-8-5-2/h8,11,17,19,23,33,38,40,55H,4-7,9-10,12-16,18,20-22,24-32,34-37,39,41-54H2,1-3H3/b11-8-,19-17-,33-23-,40-38-. The maximum atomic E-state index is 12.7. The Morgan fingerprint density at radius 3 is 0.953 bits per heavy atom. The normalized spacial score (nSPS) is 12.4. The third-order valence-electron chi connectivity index (χ3n) is 12.1. The molecule has 0 aliphatic carbocycles. The molecule has 0 aromatic rings. The van der Waals surface area contributed by atoms with Crippen LogP contribution in [0.1, 0.15) is 284 Å². The molecule has 64 heavy (non-hydrogen) atoms. The van der Waals surface area contributed by atoms with Crippen molar-refractivity contribution in [3.63, 3.8) is 0 Å². The summed E-state index contributed by atoms with van der Waals surface area (Å²) in [5.74, 6) is -0.925. The molecule has 0 heterocycles. The SMILES string of the molecule is CC/C=C\C/C=C\C/C=C\C/C=C\CCCCC(=O)OC(COC(=O)CCCCCCCCC)COC(=O)CCCCCCCCCCCCCCCCCCCCCCCCCC. The van der Waals surface area contributed by atoms with E-state index in [1.807, 2.05) is 0 Å². The Hall–Kier alpha value is -2.63. The van der Waals surface area contributed by atoms with Crippen LogP contribution in [0.2, 0.25) is 0 Å². The molecule has 6 heteroatoms. The predicted molar refractivity (Wildman–Crippen MR) is 275 cm³/mol. The Morgan fingerprint density at radius 2 is 0.609 bits per heavy atom. The van der Waals surface area contributed by atoms with Gasteiger partial charge < -0.3 is 14.2 Å². The van der Waals surface area contributed by atoms with Crippen LogP contribution < -0.4 is 0 Å². The zero-order chi connectivity index (χ0) is 46.5. The number of hydrogen-bond donors (Lipinski definition) is 0. The highest BCUT2D eigenvalue weighted by atomic mass is 16.6. The predicted octanol–water partition coefficient (Wildman–Crippen LogP) is 18.3. The topological polar surface area (TPSA) is 78.9 Å². The second-order valence-electron chi connectivity index (χ2n) is 18.5. The number of carbonyl (C=O) groups is 3. The molecular formula is C58H104O6. The third-order valence-corrected chi connectivity index (χ3v) is 12.1. The molecule has 0 saturated heterocycles. The van der Waals surface area contributed by atoms with E-state index < -0.39 is 6.10 Å². The van der Waals surface area contributed by atoms with Gasteiger partial charge in [-0.1, -0.05) is 256 Å². The Labute approximate surface area is 397 Å². The van der Waals surface area contributed by atoms with Crippen LogP contribution in [-0.2, 0) is 28.6 Å². The molecular weight excluding hydrogens is 793 g/mol. The summed E-state index contributed by atoms with van der Waals surface area (Å²) >= 11 is 0. The summed E-state index contributed by atoms with van der Waals surface area (Å²) in [6.45, 7) is 6.47. The summed E-state index contributed by atoms with van der Waals surface area (Å²) in [5.41, 5.74) is 0. The second-order valence-corrected chi connectivity index (χ2v) is 18.5. The summed E-state index contributed by atoms with van der Waals surface area (Å²) in [4.78, 5) is 37.8. The van der Waals surface area contributed by atoms with E-state index in [0.717, 1.165) is 77.0 Å². The van der Waals surface area contributed by atoms with Gasteiger partial charge in [-0.3, -0.25) is 14.4 Å². The fourth-order valence-electron chi connectivity index (χ4n) is 7.96. The fourth-order valence-corrected chi connectivity index (χ4v) is 7.96. The minimum atomic E-state index is -0.789. The van der Waals surface area contributed by atoms with Crippen molar-refractivity contribution in [2.75, 3.05) is 13.2 Å². The van der Waals surface area contributed by atoms with E-state index in [9.17, 15) is 14.4 Å². The minimum absolute atomic E-state index is 0.0867. The highest BCUT2D eigenvalue weighted by Gasteiger charge is 2.19. The van der Waals surface area contributed by atoms with Gasteiger partial charge in [-0.2, -0.15) is 0 Å². The molecule has 0 spiro atoms. The molecule has 0 aliphatic rings. The van der Waals surface area contributed by atoms with Crippen molar-refractivity contribution < 1.29 is 28.6 Å². The summed E-state index contributed by atoms with van der Waals surface area (Å²) in [5, 5.41) is 0. The maximum absolute atomic E-state index is 12.7. The van der Waals surface area contributed by atoms with Crippen LogP contribution in [0.5, 0.6) is 0 Å². The van der Waals surface area contributed by atoms with E-state index in [4.69, 9.17) is 14.2 Å². The van der Waals surface area contributed by atoms with Gasteiger partial charge in [-0.25, -0.2) is 0 Å². The highest BCUT2D eigenvalue weighted by molar-refractivity contribution is 5.71. The Kier molecular flexibility index (Phi) is 50.8. The molecule has 0 saturated carbocycles. The molecule has 372 valence electrons. The van der Waals surface area contributed by atoms with Crippen LogP contribution in [0.25, 0.3) is 0 Å². The lowest BCUT2D eigenvalue weighted by atomic mass is 10.0. The van der Waals surface area contributed by atoms with Crippen LogP contribution in [0, 0.1) is 0 Å². The lowest BCUT2D eigenvalue weighted by Crippen LogP contribution is -2.30. The molecule has 1 atom stereocenters. The van der Waals surface area contributed by atoms with Gasteiger partial charge >= 0.3 is 17.9 Å². The highest BCUT2D eigenvalue weighted by Crippen LogP contribution is 2.17. The van der Waals surface area contributed by atoms with Gasteiger partial charge in [-0.05, 0) is 57.8 Å². The molecule has 0 aliphatic heterocycles. The third kappa shape index (κ3) is 50.4. The van der Waals surface area contributed by atoms with Crippen molar-refractivity contribution in [2.24, 2.45) is 0 Å². The number of unbranched alkanes of at least 4 members (excludes halogenated alkanes) is 31. The fraction of sp³-hybridized carbons (Fsp3) is 0.810. The van der Waals surface area contributed by atoms with E-state index in [-0.39, 0.29) is 37.5 Å². The van der Waals surface area contributed by atoms with E-state index in [2.05, 4.69) is 69.4 Å². The van der Waals surface area contributed by atoms with Crippen molar-refractivity contribution in [3.8, 4) is 0 Å². The molecule has 1 unspecified atom stereocenters. The number of hydrogen-bond acceptors (Lipinski definition) is 6.